The average Bonchev–Trinajstić information content (AvgIpc) is 3.31. The van der Waals surface area contributed by atoms with Gasteiger partial charge in [0.25, 0.3) is 0 Å². The van der Waals surface area contributed by atoms with Crippen molar-refractivity contribution in [1.29, 1.82) is 0 Å². The van der Waals surface area contributed by atoms with Gasteiger partial charge >= 0.3 is 0 Å². The molecular formula is C26H30N6O. The van der Waals surface area contributed by atoms with E-state index in [9.17, 15) is 0 Å². The molecule has 0 amide bonds. The fourth-order valence-electron chi connectivity index (χ4n) is 4.48. The molecule has 7 nitrogen and oxygen atoms in total. The van der Waals surface area contributed by atoms with Crippen LogP contribution in [0.3, 0.4) is 0 Å². The maximum Gasteiger partial charge on any atom is 0.178 e. The number of benzene rings is 2. The van der Waals surface area contributed by atoms with Crippen molar-refractivity contribution in [1.82, 2.24) is 14.6 Å². The van der Waals surface area contributed by atoms with Gasteiger partial charge in [-0.3, -0.25) is 0 Å². The number of aryl methyl sites for hydroxylation is 1. The number of imidazole rings is 1. The van der Waals surface area contributed by atoms with Crippen molar-refractivity contribution >= 4 is 28.5 Å². The highest BCUT2D eigenvalue weighted by Gasteiger charge is 2.22. The van der Waals surface area contributed by atoms with Crippen LogP contribution in [0.1, 0.15) is 31.2 Å². The molecule has 5 rings (SSSR count). The molecule has 1 aliphatic rings. The van der Waals surface area contributed by atoms with E-state index in [4.69, 9.17) is 15.6 Å². The number of nitrogens with one attached hydrogen (secondary N) is 1. The second-order valence-electron chi connectivity index (χ2n) is 8.74. The fourth-order valence-corrected chi connectivity index (χ4v) is 4.48. The molecule has 1 aliphatic carbocycles. The first-order valence-electron chi connectivity index (χ1n) is 11.5. The van der Waals surface area contributed by atoms with Gasteiger partial charge in [-0.05, 0) is 56.9 Å². The van der Waals surface area contributed by atoms with Crippen molar-refractivity contribution in [3.8, 4) is 5.75 Å². The van der Waals surface area contributed by atoms with Gasteiger partial charge in [-0.15, -0.1) is 5.10 Å². The number of aromatic nitrogens is 3. The number of anilines is 4. The lowest BCUT2D eigenvalue weighted by molar-refractivity contribution is 0.410. The molecular weight excluding hydrogens is 412 g/mol. The van der Waals surface area contributed by atoms with E-state index in [1.165, 1.54) is 5.56 Å². The summed E-state index contributed by atoms with van der Waals surface area (Å²) in [6.45, 7) is 2.09. The third kappa shape index (κ3) is 4.50. The highest BCUT2D eigenvalue weighted by atomic mass is 16.5. The summed E-state index contributed by atoms with van der Waals surface area (Å²) >= 11 is 0. The first kappa shape index (κ1) is 21.3. The molecule has 4 aromatic rings. The van der Waals surface area contributed by atoms with E-state index in [0.717, 1.165) is 60.0 Å². The van der Waals surface area contributed by atoms with E-state index in [-0.39, 0.29) is 0 Å². The zero-order valence-electron chi connectivity index (χ0n) is 19.1. The SMILES string of the molecule is COc1cccc(N(c2ccc(C)cc2)c2cc(NC3CCC(N)CC3)nn3ccnc23)c1. The van der Waals surface area contributed by atoms with E-state index in [2.05, 4.69) is 58.5 Å². The lowest BCUT2D eigenvalue weighted by atomic mass is 9.92. The van der Waals surface area contributed by atoms with Crippen molar-refractivity contribution in [3.63, 3.8) is 0 Å². The van der Waals surface area contributed by atoms with Gasteiger partial charge in [-0.1, -0.05) is 23.8 Å². The number of nitrogens with zero attached hydrogens (tertiary/aromatic N) is 4. The second-order valence-corrected chi connectivity index (χ2v) is 8.74. The Morgan fingerprint density at radius 2 is 1.82 bits per heavy atom. The average molecular weight is 443 g/mol. The Bertz CT molecular complexity index is 1230. The molecule has 1 fully saturated rings. The summed E-state index contributed by atoms with van der Waals surface area (Å²) in [6.07, 6.45) is 7.86. The summed E-state index contributed by atoms with van der Waals surface area (Å²) in [4.78, 5) is 6.83. The third-order valence-electron chi connectivity index (χ3n) is 6.31. The zero-order chi connectivity index (χ0) is 22.8. The van der Waals surface area contributed by atoms with Crippen LogP contribution in [0.2, 0.25) is 0 Å². The van der Waals surface area contributed by atoms with Crippen LogP contribution in [0.25, 0.3) is 5.65 Å². The number of hydrogen-bond acceptors (Lipinski definition) is 6. The van der Waals surface area contributed by atoms with Gasteiger partial charge in [0.05, 0.1) is 12.8 Å². The Morgan fingerprint density at radius 3 is 2.58 bits per heavy atom. The monoisotopic (exact) mass is 442 g/mol. The van der Waals surface area contributed by atoms with E-state index < -0.39 is 0 Å². The van der Waals surface area contributed by atoms with Gasteiger partial charge in [0.15, 0.2) is 5.65 Å². The highest BCUT2D eigenvalue weighted by molar-refractivity contribution is 5.86. The Balaban J connectivity index is 1.61. The minimum atomic E-state index is 0.313. The van der Waals surface area contributed by atoms with Crippen LogP contribution in [0, 0.1) is 6.92 Å². The van der Waals surface area contributed by atoms with Gasteiger partial charge in [-0.25, -0.2) is 9.50 Å². The summed E-state index contributed by atoms with van der Waals surface area (Å²) in [6, 6.07) is 19.4. The minimum absolute atomic E-state index is 0.313. The number of methoxy groups -OCH3 is 1. The molecule has 1 saturated carbocycles. The van der Waals surface area contributed by atoms with Crippen LogP contribution in [-0.4, -0.2) is 33.8 Å². The summed E-state index contributed by atoms with van der Waals surface area (Å²) in [5.74, 6) is 1.63. The van der Waals surface area contributed by atoms with E-state index in [0.29, 0.717) is 12.1 Å². The Morgan fingerprint density at radius 1 is 1.03 bits per heavy atom. The van der Waals surface area contributed by atoms with Crippen molar-refractivity contribution in [2.45, 2.75) is 44.7 Å². The Labute approximate surface area is 194 Å². The normalized spacial score (nSPS) is 18.3. The predicted molar refractivity (Wildman–Crippen MR) is 133 cm³/mol. The number of ether oxygens (including phenoxy) is 1. The molecule has 170 valence electrons. The summed E-state index contributed by atoms with van der Waals surface area (Å²) in [5.41, 5.74) is 11.1. The summed E-state index contributed by atoms with van der Waals surface area (Å²) < 4.78 is 7.36. The van der Waals surface area contributed by atoms with Gasteiger partial charge in [0.1, 0.15) is 11.6 Å². The summed E-state index contributed by atoms with van der Waals surface area (Å²) in [7, 11) is 1.69. The lowest BCUT2D eigenvalue weighted by Gasteiger charge is -2.29. The number of rotatable bonds is 6. The lowest BCUT2D eigenvalue weighted by Crippen LogP contribution is -2.33. The van der Waals surface area contributed by atoms with E-state index >= 15 is 0 Å². The maximum atomic E-state index is 6.11. The van der Waals surface area contributed by atoms with Gasteiger partial charge < -0.3 is 20.7 Å². The molecule has 2 aromatic heterocycles. The number of hydrogen-bond donors (Lipinski definition) is 2. The zero-order valence-corrected chi connectivity index (χ0v) is 19.1. The standard InChI is InChI=1S/C26H30N6O/c1-18-6-12-21(13-7-18)32(22-4-3-5-23(16-22)33-2)24-17-25(30-31-15-14-28-26(24)31)29-20-10-8-19(27)9-11-20/h3-7,12-17,19-20H,8-11,27H2,1-2H3,(H,29,30). The van der Waals surface area contributed by atoms with E-state index in [1.54, 1.807) is 13.3 Å². The molecule has 0 bridgehead atoms. The Hall–Kier alpha value is -3.58. The third-order valence-corrected chi connectivity index (χ3v) is 6.31. The fraction of sp³-hybridized carbons (Fsp3) is 0.308. The van der Waals surface area contributed by atoms with Crippen LogP contribution in [-0.2, 0) is 0 Å². The van der Waals surface area contributed by atoms with Gasteiger partial charge in [0, 0.05) is 48.0 Å². The molecule has 33 heavy (non-hydrogen) atoms. The molecule has 2 aromatic carbocycles. The second kappa shape index (κ2) is 9.11. The molecule has 0 saturated heterocycles. The highest BCUT2D eigenvalue weighted by Crippen LogP contribution is 2.39. The van der Waals surface area contributed by atoms with Crippen molar-refractivity contribution in [2.24, 2.45) is 5.73 Å². The first-order chi connectivity index (χ1) is 16.1. The topological polar surface area (TPSA) is 80.7 Å². The largest absolute Gasteiger partial charge is 0.497 e. The predicted octanol–water partition coefficient (Wildman–Crippen LogP) is 5.20. The Kier molecular flexibility index (Phi) is 5.88. The molecule has 3 N–H and O–H groups in total. The van der Waals surface area contributed by atoms with E-state index in [1.807, 2.05) is 28.9 Å². The molecule has 0 atom stereocenters. The molecule has 2 heterocycles. The smallest absolute Gasteiger partial charge is 0.178 e. The van der Waals surface area contributed by atoms with Crippen molar-refractivity contribution < 1.29 is 4.74 Å². The molecule has 7 heteroatoms. The molecule has 0 aliphatic heterocycles. The maximum absolute atomic E-state index is 6.11. The number of fused-ring (bicyclic) bond motifs is 1. The van der Waals surface area contributed by atoms with Crippen LogP contribution in [0.5, 0.6) is 5.75 Å². The molecule has 0 spiro atoms. The van der Waals surface area contributed by atoms with Crippen LogP contribution in [0.15, 0.2) is 67.0 Å². The van der Waals surface area contributed by atoms with Crippen molar-refractivity contribution in [3.05, 3.63) is 72.6 Å². The van der Waals surface area contributed by atoms with Gasteiger partial charge in [-0.2, -0.15) is 0 Å². The van der Waals surface area contributed by atoms with Gasteiger partial charge in [0.2, 0.25) is 0 Å². The van der Waals surface area contributed by atoms with Crippen LogP contribution >= 0.6 is 0 Å². The minimum Gasteiger partial charge on any atom is -0.497 e. The van der Waals surface area contributed by atoms with Crippen LogP contribution in [0.4, 0.5) is 22.9 Å². The first-order valence-corrected chi connectivity index (χ1v) is 11.5. The number of nitrogens with two attached hydrogens (primary N) is 1. The van der Waals surface area contributed by atoms with Crippen LogP contribution < -0.4 is 20.7 Å². The molecule has 0 radical (unpaired) electrons. The van der Waals surface area contributed by atoms with Crippen molar-refractivity contribution in [2.75, 3.05) is 17.3 Å². The molecule has 0 unspecified atom stereocenters. The summed E-state index contributed by atoms with van der Waals surface area (Å²) in [5, 5.41) is 8.43. The quantitative estimate of drug-likeness (QED) is 0.427.